The van der Waals surface area contributed by atoms with Crippen LogP contribution in [-0.2, 0) is 0 Å². The molecule has 1 atom stereocenters. The molecule has 0 bridgehead atoms. The molecule has 0 heterocycles. The molecule has 2 rings (SSSR count). The molecule has 122 valence electrons. The minimum absolute atomic E-state index is 0.0995. The largest absolute Gasteiger partial charge is 0.493 e. The van der Waals surface area contributed by atoms with E-state index >= 15 is 0 Å². The highest BCUT2D eigenvalue weighted by atomic mass is 79.9. The maximum atomic E-state index is 12.4. The molecule has 0 aliphatic carbocycles. The monoisotopic (exact) mass is 377 g/mol. The van der Waals surface area contributed by atoms with Crippen LogP contribution in [0, 0.1) is 0 Å². The molecule has 1 amide bonds. The molecule has 0 saturated carbocycles. The number of hydrogen-bond acceptors (Lipinski definition) is 3. The zero-order valence-corrected chi connectivity index (χ0v) is 15.0. The third kappa shape index (κ3) is 4.48. The van der Waals surface area contributed by atoms with Crippen LogP contribution in [0.3, 0.4) is 0 Å². The molecule has 0 aromatic heterocycles. The number of ether oxygens (including phenoxy) is 2. The molecule has 2 aromatic rings. The summed E-state index contributed by atoms with van der Waals surface area (Å²) in [6.45, 7) is 4.40. The number of carbonyl (C=O) groups excluding carboxylic acids is 1. The van der Waals surface area contributed by atoms with E-state index in [0.717, 1.165) is 10.0 Å². The summed E-state index contributed by atoms with van der Waals surface area (Å²) < 4.78 is 11.7. The Morgan fingerprint density at radius 3 is 2.65 bits per heavy atom. The Morgan fingerprint density at radius 1 is 1.22 bits per heavy atom. The van der Waals surface area contributed by atoms with Crippen molar-refractivity contribution in [2.45, 2.75) is 19.9 Å². The smallest absolute Gasteiger partial charge is 0.251 e. The van der Waals surface area contributed by atoms with Crippen LogP contribution >= 0.6 is 15.9 Å². The summed E-state index contributed by atoms with van der Waals surface area (Å²) >= 11 is 3.44. The topological polar surface area (TPSA) is 47.6 Å². The lowest BCUT2D eigenvalue weighted by Gasteiger charge is -2.16. The van der Waals surface area contributed by atoms with Crippen molar-refractivity contribution >= 4 is 21.8 Å². The highest BCUT2D eigenvalue weighted by Gasteiger charge is 2.14. The average molecular weight is 378 g/mol. The molecule has 5 heteroatoms. The molecule has 23 heavy (non-hydrogen) atoms. The Bertz CT molecular complexity index is 688. The van der Waals surface area contributed by atoms with Gasteiger partial charge in [-0.2, -0.15) is 0 Å². The van der Waals surface area contributed by atoms with Crippen molar-refractivity contribution in [3.63, 3.8) is 0 Å². The predicted octanol–water partition coefficient (Wildman–Crippen LogP) is 4.35. The fourth-order valence-corrected chi connectivity index (χ4v) is 2.64. The lowest BCUT2D eigenvalue weighted by atomic mass is 10.1. The van der Waals surface area contributed by atoms with Gasteiger partial charge in [-0.25, -0.2) is 0 Å². The molecule has 1 N–H and O–H groups in total. The van der Waals surface area contributed by atoms with Gasteiger partial charge in [0.1, 0.15) is 0 Å². The molecule has 0 spiro atoms. The first-order valence-electron chi connectivity index (χ1n) is 7.42. The van der Waals surface area contributed by atoms with E-state index < -0.39 is 0 Å². The van der Waals surface area contributed by atoms with E-state index in [0.29, 0.717) is 23.7 Å². The van der Waals surface area contributed by atoms with E-state index in [1.54, 1.807) is 25.3 Å². The van der Waals surface area contributed by atoms with Crippen LogP contribution in [0.25, 0.3) is 0 Å². The Kier molecular flexibility index (Phi) is 6.04. The first kappa shape index (κ1) is 17.3. The van der Waals surface area contributed by atoms with Gasteiger partial charge in [-0.15, -0.1) is 0 Å². The predicted molar refractivity (Wildman–Crippen MR) is 94.2 cm³/mol. The quantitative estimate of drug-likeness (QED) is 0.813. The third-order valence-corrected chi connectivity index (χ3v) is 3.92. The fraction of sp³-hybridized carbons (Fsp3) is 0.278. The van der Waals surface area contributed by atoms with Crippen LogP contribution in [-0.4, -0.2) is 19.6 Å². The molecule has 1 unspecified atom stereocenters. The molecular formula is C18H20BrNO3. The number of nitrogens with one attached hydrogen (secondary N) is 1. The maximum Gasteiger partial charge on any atom is 0.251 e. The molecule has 0 saturated heterocycles. The van der Waals surface area contributed by atoms with Crippen molar-refractivity contribution in [1.82, 2.24) is 5.32 Å². The first-order chi connectivity index (χ1) is 11.0. The van der Waals surface area contributed by atoms with Gasteiger partial charge in [0.25, 0.3) is 5.91 Å². The standard InChI is InChI=1S/C18H20BrNO3/c1-4-23-16-9-8-14(11-17(16)22-3)18(21)20-12(2)13-6-5-7-15(19)10-13/h5-12H,4H2,1-3H3,(H,20,21). The number of halogens is 1. The highest BCUT2D eigenvalue weighted by molar-refractivity contribution is 9.10. The second-order valence-electron chi connectivity index (χ2n) is 5.05. The lowest BCUT2D eigenvalue weighted by molar-refractivity contribution is 0.0939. The van der Waals surface area contributed by atoms with Crippen molar-refractivity contribution < 1.29 is 14.3 Å². The molecule has 0 fully saturated rings. The number of benzene rings is 2. The Labute approximate surface area is 144 Å². The zero-order valence-electron chi connectivity index (χ0n) is 13.4. The van der Waals surface area contributed by atoms with Crippen molar-refractivity contribution in [2.75, 3.05) is 13.7 Å². The average Bonchev–Trinajstić information content (AvgIpc) is 2.55. The number of hydrogen-bond donors (Lipinski definition) is 1. The molecule has 0 aliphatic heterocycles. The second kappa shape index (κ2) is 8.02. The van der Waals surface area contributed by atoms with Crippen LogP contribution in [0.5, 0.6) is 11.5 Å². The van der Waals surface area contributed by atoms with E-state index in [2.05, 4.69) is 21.2 Å². The second-order valence-corrected chi connectivity index (χ2v) is 5.96. The first-order valence-corrected chi connectivity index (χ1v) is 8.21. The van der Waals surface area contributed by atoms with Gasteiger partial charge in [0.15, 0.2) is 11.5 Å². The molecule has 0 radical (unpaired) electrons. The number of carbonyl (C=O) groups is 1. The molecule has 4 nitrogen and oxygen atoms in total. The van der Waals surface area contributed by atoms with Gasteiger partial charge < -0.3 is 14.8 Å². The number of rotatable bonds is 6. The normalized spacial score (nSPS) is 11.7. The Hall–Kier alpha value is -2.01. The minimum atomic E-state index is -0.154. The summed E-state index contributed by atoms with van der Waals surface area (Å²) in [6, 6.07) is 12.9. The maximum absolute atomic E-state index is 12.4. The van der Waals surface area contributed by atoms with Crippen LogP contribution in [0.4, 0.5) is 0 Å². The summed E-state index contributed by atoms with van der Waals surface area (Å²) in [5.74, 6) is 1.03. The van der Waals surface area contributed by atoms with E-state index in [9.17, 15) is 4.79 Å². The number of amides is 1. The van der Waals surface area contributed by atoms with Crippen molar-refractivity contribution in [2.24, 2.45) is 0 Å². The highest BCUT2D eigenvalue weighted by Crippen LogP contribution is 2.28. The van der Waals surface area contributed by atoms with Gasteiger partial charge in [0.05, 0.1) is 19.8 Å². The minimum Gasteiger partial charge on any atom is -0.493 e. The van der Waals surface area contributed by atoms with E-state index in [1.807, 2.05) is 38.1 Å². The van der Waals surface area contributed by atoms with Gasteiger partial charge in [0.2, 0.25) is 0 Å². The van der Waals surface area contributed by atoms with Crippen LogP contribution in [0.2, 0.25) is 0 Å². The van der Waals surface area contributed by atoms with Gasteiger partial charge in [0, 0.05) is 10.0 Å². The summed E-state index contributed by atoms with van der Waals surface area (Å²) in [7, 11) is 1.56. The van der Waals surface area contributed by atoms with Crippen molar-refractivity contribution in [3.8, 4) is 11.5 Å². The number of methoxy groups -OCH3 is 1. The molecule has 2 aromatic carbocycles. The summed E-state index contributed by atoms with van der Waals surface area (Å²) in [4.78, 5) is 12.4. The van der Waals surface area contributed by atoms with Gasteiger partial charge in [-0.05, 0) is 49.7 Å². The van der Waals surface area contributed by atoms with E-state index in [1.165, 1.54) is 0 Å². The van der Waals surface area contributed by atoms with Gasteiger partial charge >= 0.3 is 0 Å². The van der Waals surface area contributed by atoms with Crippen LogP contribution in [0.1, 0.15) is 35.8 Å². The Morgan fingerprint density at radius 2 is 2.00 bits per heavy atom. The van der Waals surface area contributed by atoms with Crippen molar-refractivity contribution in [1.29, 1.82) is 0 Å². The fourth-order valence-electron chi connectivity index (χ4n) is 2.22. The summed E-state index contributed by atoms with van der Waals surface area (Å²) in [5.41, 5.74) is 1.57. The van der Waals surface area contributed by atoms with E-state index in [4.69, 9.17) is 9.47 Å². The van der Waals surface area contributed by atoms with Crippen LogP contribution in [0.15, 0.2) is 46.9 Å². The van der Waals surface area contributed by atoms with Gasteiger partial charge in [-0.1, -0.05) is 28.1 Å². The van der Waals surface area contributed by atoms with Crippen molar-refractivity contribution in [3.05, 3.63) is 58.1 Å². The van der Waals surface area contributed by atoms with Gasteiger partial charge in [-0.3, -0.25) is 4.79 Å². The summed E-state index contributed by atoms with van der Waals surface area (Å²) in [5, 5.41) is 2.99. The molecular weight excluding hydrogens is 358 g/mol. The lowest BCUT2D eigenvalue weighted by Crippen LogP contribution is -2.26. The zero-order chi connectivity index (χ0) is 16.8. The SMILES string of the molecule is CCOc1ccc(C(=O)NC(C)c2cccc(Br)c2)cc1OC. The summed E-state index contributed by atoms with van der Waals surface area (Å²) in [6.07, 6.45) is 0. The third-order valence-electron chi connectivity index (χ3n) is 3.42. The Balaban J connectivity index is 2.14. The molecule has 0 aliphatic rings. The van der Waals surface area contributed by atoms with E-state index in [-0.39, 0.29) is 11.9 Å². The van der Waals surface area contributed by atoms with Crippen LogP contribution < -0.4 is 14.8 Å².